The van der Waals surface area contributed by atoms with Gasteiger partial charge in [-0.1, -0.05) is 146 Å². The summed E-state index contributed by atoms with van der Waals surface area (Å²) in [6, 6.07) is 53.4. The summed E-state index contributed by atoms with van der Waals surface area (Å²) in [6.07, 6.45) is 1.90. The summed E-state index contributed by atoms with van der Waals surface area (Å²) >= 11 is 0. The molecule has 218 valence electrons. The first kappa shape index (κ1) is 26.0. The molecule has 2 aromatic heterocycles. The normalized spacial score (nSPS) is 11.8. The number of fused-ring (bicyclic) bond motifs is 10. The predicted molar refractivity (Wildman–Crippen MR) is 196 cm³/mol. The van der Waals surface area contributed by atoms with Crippen LogP contribution in [0.5, 0.6) is 0 Å². The molecule has 0 aliphatic heterocycles. The fourth-order valence-corrected chi connectivity index (χ4v) is 7.33. The zero-order chi connectivity index (χ0) is 30.9. The molecule has 0 radical (unpaired) electrons. The van der Waals surface area contributed by atoms with Crippen molar-refractivity contribution in [1.29, 1.82) is 0 Å². The summed E-state index contributed by atoms with van der Waals surface area (Å²) in [5, 5.41) is 9.27. The van der Waals surface area contributed by atoms with Crippen molar-refractivity contribution in [3.8, 4) is 33.5 Å². The number of nitrogens with zero attached hydrogens (tertiary/aromatic N) is 2. The zero-order valence-corrected chi connectivity index (χ0v) is 25.3. The van der Waals surface area contributed by atoms with Crippen molar-refractivity contribution in [2.24, 2.45) is 0 Å². The first-order valence-electron chi connectivity index (χ1n) is 15.9. The largest absolute Gasteiger partial charge is 0.455 e. The minimum absolute atomic E-state index is 0.842. The third-order valence-corrected chi connectivity index (χ3v) is 9.50. The molecule has 10 aromatic rings. The molecule has 2 heterocycles. The molecule has 0 spiro atoms. The highest BCUT2D eigenvalue weighted by atomic mass is 16.3. The molecule has 0 fully saturated rings. The van der Waals surface area contributed by atoms with Gasteiger partial charge in [0.25, 0.3) is 0 Å². The average molecular weight is 599 g/mol. The Labute approximate surface area is 270 Å². The minimum atomic E-state index is 0.842. The van der Waals surface area contributed by atoms with Crippen LogP contribution in [-0.2, 0) is 0 Å². The fraction of sp³-hybridized carbons (Fsp3) is 0. The Morgan fingerprint density at radius 1 is 0.383 bits per heavy atom. The van der Waals surface area contributed by atoms with Gasteiger partial charge in [0.1, 0.15) is 11.2 Å². The van der Waals surface area contributed by atoms with E-state index in [-0.39, 0.29) is 0 Å². The molecule has 0 amide bonds. The monoisotopic (exact) mass is 598 g/mol. The SMILES string of the molecule is c1cc(-c2cnc3c4ccccc4c4ccccc4c3n2)cc(-c2cccc3c2oc2c(-c4cccc5ccccc45)cccc23)c1. The van der Waals surface area contributed by atoms with E-state index in [0.717, 1.165) is 71.7 Å². The van der Waals surface area contributed by atoms with Gasteiger partial charge in [0.15, 0.2) is 0 Å². The molecule has 0 N–H and O–H groups in total. The Morgan fingerprint density at radius 3 is 1.70 bits per heavy atom. The van der Waals surface area contributed by atoms with Gasteiger partial charge in [0.05, 0.1) is 22.9 Å². The van der Waals surface area contributed by atoms with Crippen LogP contribution >= 0.6 is 0 Å². The standard InChI is InChI=1S/C44H26N2O/c1-2-15-30-27(11-1)12-8-21-32(30)37-22-10-24-39-38-23-9-20-31(43(38)47-44(37)39)28-13-7-14-29(25-28)40-26-45-41-35-18-5-3-16-33(35)34-17-4-6-19-36(34)42(41)46-40/h1-26H. The van der Waals surface area contributed by atoms with Crippen molar-refractivity contribution in [1.82, 2.24) is 9.97 Å². The van der Waals surface area contributed by atoms with Crippen LogP contribution in [0.1, 0.15) is 0 Å². The van der Waals surface area contributed by atoms with E-state index < -0.39 is 0 Å². The lowest BCUT2D eigenvalue weighted by Crippen LogP contribution is -1.92. The van der Waals surface area contributed by atoms with E-state index >= 15 is 0 Å². The zero-order valence-electron chi connectivity index (χ0n) is 25.3. The Hall–Kier alpha value is -6.32. The maximum atomic E-state index is 6.84. The van der Waals surface area contributed by atoms with Crippen LogP contribution in [0.4, 0.5) is 0 Å². The molecule has 0 saturated carbocycles. The van der Waals surface area contributed by atoms with Crippen LogP contribution in [0.25, 0.3) is 98.8 Å². The lowest BCUT2D eigenvalue weighted by atomic mass is 9.96. The summed E-state index contributed by atoms with van der Waals surface area (Å²) < 4.78 is 6.84. The highest BCUT2D eigenvalue weighted by Crippen LogP contribution is 2.42. The van der Waals surface area contributed by atoms with Crippen LogP contribution in [0.15, 0.2) is 162 Å². The van der Waals surface area contributed by atoms with Gasteiger partial charge in [-0.15, -0.1) is 0 Å². The third kappa shape index (κ3) is 3.93. The van der Waals surface area contributed by atoms with Gasteiger partial charge < -0.3 is 4.42 Å². The molecule has 0 saturated heterocycles. The molecular formula is C44H26N2O. The fourth-order valence-electron chi connectivity index (χ4n) is 7.33. The van der Waals surface area contributed by atoms with Crippen LogP contribution < -0.4 is 0 Å². The first-order chi connectivity index (χ1) is 23.3. The van der Waals surface area contributed by atoms with Gasteiger partial charge in [0, 0.05) is 38.2 Å². The molecule has 8 aromatic carbocycles. The summed E-state index contributed by atoms with van der Waals surface area (Å²) in [5.41, 5.74) is 9.88. The molecule has 0 unspecified atom stereocenters. The van der Waals surface area contributed by atoms with Gasteiger partial charge in [-0.05, 0) is 38.7 Å². The maximum Gasteiger partial charge on any atom is 0.143 e. The van der Waals surface area contributed by atoms with Crippen LogP contribution in [0.2, 0.25) is 0 Å². The molecule has 0 aliphatic carbocycles. The highest BCUT2D eigenvalue weighted by Gasteiger charge is 2.18. The lowest BCUT2D eigenvalue weighted by Gasteiger charge is -2.11. The van der Waals surface area contributed by atoms with Crippen molar-refractivity contribution in [3.05, 3.63) is 158 Å². The number of para-hydroxylation sites is 2. The predicted octanol–water partition coefficient (Wildman–Crippen LogP) is 12.0. The van der Waals surface area contributed by atoms with E-state index in [1.807, 2.05) is 6.20 Å². The molecular weight excluding hydrogens is 572 g/mol. The Morgan fingerprint density at radius 2 is 0.915 bits per heavy atom. The number of furan rings is 1. The smallest absolute Gasteiger partial charge is 0.143 e. The summed E-state index contributed by atoms with van der Waals surface area (Å²) in [5.74, 6) is 0. The van der Waals surface area contributed by atoms with Gasteiger partial charge in [-0.2, -0.15) is 0 Å². The molecule has 0 bridgehead atoms. The number of hydrogen-bond donors (Lipinski definition) is 0. The summed E-state index contributed by atoms with van der Waals surface area (Å²) in [4.78, 5) is 10.2. The van der Waals surface area contributed by atoms with Gasteiger partial charge in [-0.3, -0.25) is 4.98 Å². The van der Waals surface area contributed by atoms with Gasteiger partial charge in [0.2, 0.25) is 0 Å². The van der Waals surface area contributed by atoms with E-state index in [2.05, 4.69) is 152 Å². The van der Waals surface area contributed by atoms with E-state index in [1.165, 1.54) is 27.1 Å². The first-order valence-corrected chi connectivity index (χ1v) is 15.9. The Bertz CT molecular complexity index is 2820. The number of rotatable bonds is 3. The van der Waals surface area contributed by atoms with Crippen molar-refractivity contribution < 1.29 is 4.42 Å². The second-order valence-electron chi connectivity index (χ2n) is 12.1. The molecule has 0 aliphatic rings. The van der Waals surface area contributed by atoms with Crippen LogP contribution in [0, 0.1) is 0 Å². The quantitative estimate of drug-likeness (QED) is 0.190. The number of aromatic nitrogens is 2. The topological polar surface area (TPSA) is 38.9 Å². The average Bonchev–Trinajstić information content (AvgIpc) is 3.54. The van der Waals surface area contributed by atoms with Crippen LogP contribution in [0.3, 0.4) is 0 Å². The molecule has 47 heavy (non-hydrogen) atoms. The van der Waals surface area contributed by atoms with Gasteiger partial charge in [-0.25, -0.2) is 4.98 Å². The van der Waals surface area contributed by atoms with Crippen LogP contribution in [-0.4, -0.2) is 9.97 Å². The van der Waals surface area contributed by atoms with Crippen molar-refractivity contribution in [3.63, 3.8) is 0 Å². The Balaban J connectivity index is 1.15. The minimum Gasteiger partial charge on any atom is -0.455 e. The van der Waals surface area contributed by atoms with Gasteiger partial charge >= 0.3 is 0 Å². The van der Waals surface area contributed by atoms with E-state index in [1.54, 1.807) is 0 Å². The van der Waals surface area contributed by atoms with E-state index in [4.69, 9.17) is 14.4 Å². The highest BCUT2D eigenvalue weighted by molar-refractivity contribution is 6.23. The Kier molecular flexibility index (Phi) is 5.57. The lowest BCUT2D eigenvalue weighted by molar-refractivity contribution is 0.671. The summed E-state index contributed by atoms with van der Waals surface area (Å²) in [7, 11) is 0. The molecule has 0 atom stereocenters. The van der Waals surface area contributed by atoms with Crippen molar-refractivity contribution >= 4 is 65.3 Å². The van der Waals surface area contributed by atoms with E-state index in [9.17, 15) is 0 Å². The molecule has 3 nitrogen and oxygen atoms in total. The van der Waals surface area contributed by atoms with E-state index in [0.29, 0.717) is 0 Å². The van der Waals surface area contributed by atoms with Crippen molar-refractivity contribution in [2.45, 2.75) is 0 Å². The number of hydrogen-bond acceptors (Lipinski definition) is 3. The second-order valence-corrected chi connectivity index (χ2v) is 12.1. The molecule has 3 heteroatoms. The third-order valence-electron chi connectivity index (χ3n) is 9.50. The van der Waals surface area contributed by atoms with Crippen molar-refractivity contribution in [2.75, 3.05) is 0 Å². The summed E-state index contributed by atoms with van der Waals surface area (Å²) in [6.45, 7) is 0. The molecule has 10 rings (SSSR count). The maximum absolute atomic E-state index is 6.84. The number of benzene rings is 8. The second kappa shape index (κ2) is 10.1.